The number of rotatable bonds is 9. The van der Waals surface area contributed by atoms with E-state index >= 15 is 4.39 Å². The maximum absolute atomic E-state index is 15.0. The van der Waals surface area contributed by atoms with Gasteiger partial charge in [0.25, 0.3) is 0 Å². The molecular formula is C28H35FN4O4. The van der Waals surface area contributed by atoms with Crippen molar-refractivity contribution in [2.24, 2.45) is 11.8 Å². The van der Waals surface area contributed by atoms with E-state index in [1.165, 1.54) is 6.07 Å². The molecule has 1 saturated carbocycles. The Kier molecular flexibility index (Phi) is 7.98. The molecule has 2 aliphatic rings. The van der Waals surface area contributed by atoms with E-state index in [0.29, 0.717) is 24.3 Å². The van der Waals surface area contributed by atoms with Crippen molar-refractivity contribution in [1.29, 1.82) is 5.26 Å². The summed E-state index contributed by atoms with van der Waals surface area (Å²) < 4.78 is 27.4. The third-order valence-electron chi connectivity index (χ3n) is 7.16. The maximum Gasteiger partial charge on any atom is 0.411 e. The van der Waals surface area contributed by atoms with E-state index in [1.54, 1.807) is 55.8 Å². The molecule has 9 heteroatoms. The van der Waals surface area contributed by atoms with Crippen LogP contribution >= 0.6 is 0 Å². The van der Waals surface area contributed by atoms with Crippen LogP contribution in [0.4, 0.5) is 9.18 Å². The predicted molar refractivity (Wildman–Crippen MR) is 135 cm³/mol. The molecule has 1 aromatic heterocycles. The molecule has 1 amide bonds. The Morgan fingerprint density at radius 3 is 2.73 bits per heavy atom. The summed E-state index contributed by atoms with van der Waals surface area (Å²) in [5.41, 5.74) is 1.19. The van der Waals surface area contributed by atoms with Crippen molar-refractivity contribution in [2.45, 2.75) is 77.1 Å². The van der Waals surface area contributed by atoms with Crippen molar-refractivity contribution >= 4 is 11.9 Å². The van der Waals surface area contributed by atoms with Crippen LogP contribution in [0.5, 0.6) is 0 Å². The zero-order valence-corrected chi connectivity index (χ0v) is 21.9. The quantitative estimate of drug-likeness (QED) is 0.482. The number of ether oxygens (including phenoxy) is 2. The van der Waals surface area contributed by atoms with Crippen molar-refractivity contribution in [3.05, 3.63) is 42.0 Å². The van der Waals surface area contributed by atoms with Crippen LogP contribution in [0.1, 0.15) is 52.0 Å². The highest BCUT2D eigenvalue weighted by atomic mass is 19.1. The highest BCUT2D eigenvalue weighted by molar-refractivity contribution is 5.89. The zero-order valence-electron chi connectivity index (χ0n) is 21.9. The maximum atomic E-state index is 15.0. The lowest BCUT2D eigenvalue weighted by molar-refractivity contribution is -0.126. The van der Waals surface area contributed by atoms with Gasteiger partial charge in [0, 0.05) is 31.3 Å². The van der Waals surface area contributed by atoms with Gasteiger partial charge >= 0.3 is 6.09 Å². The van der Waals surface area contributed by atoms with Crippen LogP contribution in [0.3, 0.4) is 0 Å². The first kappa shape index (κ1) is 26.8. The average molecular weight is 511 g/mol. The lowest BCUT2D eigenvalue weighted by Gasteiger charge is -2.35. The summed E-state index contributed by atoms with van der Waals surface area (Å²) in [7, 11) is 1.62. The molecule has 4 atom stereocenters. The average Bonchev–Trinajstić information content (AvgIpc) is 3.58. The molecule has 1 aromatic carbocycles. The third kappa shape index (κ3) is 6.19. The van der Waals surface area contributed by atoms with E-state index in [4.69, 9.17) is 9.47 Å². The SMILES string of the molecule is COCCn1cc(-c2ccc(C[C@@H](C#N)CC(=O)[C@@H]3[C@H]4CC[C@H](C4)N3C(=O)OC(C)(C)C)c(F)c2)cn1. The van der Waals surface area contributed by atoms with Gasteiger partial charge in [-0.15, -0.1) is 0 Å². The molecule has 0 radical (unpaired) electrons. The summed E-state index contributed by atoms with van der Waals surface area (Å²) in [5, 5.41) is 14.0. The summed E-state index contributed by atoms with van der Waals surface area (Å²) in [5.74, 6) is -1.18. The Hall–Kier alpha value is -3.25. The van der Waals surface area contributed by atoms with Crippen LogP contribution in [-0.4, -0.2) is 58.0 Å². The van der Waals surface area contributed by atoms with E-state index in [9.17, 15) is 14.9 Å². The summed E-state index contributed by atoms with van der Waals surface area (Å²) in [6.45, 7) is 6.53. The molecule has 37 heavy (non-hydrogen) atoms. The van der Waals surface area contributed by atoms with Gasteiger partial charge in [-0.05, 0) is 69.6 Å². The number of fused-ring (bicyclic) bond motifs is 2. The van der Waals surface area contributed by atoms with Gasteiger partial charge in [0.15, 0.2) is 5.78 Å². The van der Waals surface area contributed by atoms with Gasteiger partial charge in [-0.25, -0.2) is 9.18 Å². The number of amides is 1. The number of likely N-dealkylation sites (tertiary alicyclic amines) is 1. The molecule has 0 N–H and O–H groups in total. The van der Waals surface area contributed by atoms with Crippen molar-refractivity contribution in [3.8, 4) is 17.2 Å². The van der Waals surface area contributed by atoms with Crippen LogP contribution in [0, 0.1) is 29.0 Å². The Labute approximate surface area is 217 Å². The summed E-state index contributed by atoms with van der Waals surface area (Å²) in [6.07, 6.45) is 5.65. The fraction of sp³-hybridized carbons (Fsp3) is 0.571. The Balaban J connectivity index is 1.42. The number of hydrogen-bond acceptors (Lipinski definition) is 6. The molecule has 2 bridgehead atoms. The van der Waals surface area contributed by atoms with E-state index in [1.807, 2.05) is 6.20 Å². The molecule has 2 fully saturated rings. The van der Waals surface area contributed by atoms with Gasteiger partial charge in [0.05, 0.1) is 37.4 Å². The minimum Gasteiger partial charge on any atom is -0.444 e. The molecule has 1 aliphatic heterocycles. The number of piperidine rings is 1. The number of Topliss-reactive ketones (excluding diaryl/α,β-unsaturated/α-hetero) is 1. The van der Waals surface area contributed by atoms with Gasteiger partial charge in [-0.3, -0.25) is 14.4 Å². The first-order valence-electron chi connectivity index (χ1n) is 12.8. The smallest absolute Gasteiger partial charge is 0.411 e. The number of carbonyl (C=O) groups is 2. The van der Waals surface area contributed by atoms with Crippen LogP contribution in [0.2, 0.25) is 0 Å². The topological polar surface area (TPSA) is 97.5 Å². The molecule has 0 spiro atoms. The molecule has 4 rings (SSSR count). The summed E-state index contributed by atoms with van der Waals surface area (Å²) in [6, 6.07) is 6.50. The minimum atomic E-state index is -0.691. The molecular weight excluding hydrogens is 475 g/mol. The van der Waals surface area contributed by atoms with Crippen molar-refractivity contribution in [2.75, 3.05) is 13.7 Å². The van der Waals surface area contributed by atoms with Crippen molar-refractivity contribution < 1.29 is 23.5 Å². The van der Waals surface area contributed by atoms with Gasteiger partial charge in [-0.1, -0.05) is 12.1 Å². The number of aromatic nitrogens is 2. The molecule has 2 heterocycles. The summed E-state index contributed by atoms with van der Waals surface area (Å²) >= 11 is 0. The number of ketones is 1. The number of nitrogens with zero attached hydrogens (tertiary/aromatic N) is 4. The van der Waals surface area contributed by atoms with Gasteiger partial charge in [0.1, 0.15) is 11.4 Å². The monoisotopic (exact) mass is 510 g/mol. The number of nitriles is 1. The molecule has 1 saturated heterocycles. The highest BCUT2D eigenvalue weighted by Crippen LogP contribution is 2.44. The Morgan fingerprint density at radius 1 is 1.27 bits per heavy atom. The lowest BCUT2D eigenvalue weighted by Crippen LogP contribution is -2.51. The fourth-order valence-electron chi connectivity index (χ4n) is 5.49. The van der Waals surface area contributed by atoms with Gasteiger partial charge in [0.2, 0.25) is 0 Å². The van der Waals surface area contributed by atoms with Crippen molar-refractivity contribution in [1.82, 2.24) is 14.7 Å². The van der Waals surface area contributed by atoms with Crippen LogP contribution in [-0.2, 0) is 27.2 Å². The fourth-order valence-corrected chi connectivity index (χ4v) is 5.49. The Bertz CT molecular complexity index is 1180. The first-order valence-corrected chi connectivity index (χ1v) is 12.8. The predicted octanol–water partition coefficient (Wildman–Crippen LogP) is 4.77. The lowest BCUT2D eigenvalue weighted by atomic mass is 9.87. The second kappa shape index (κ2) is 11.0. The van der Waals surface area contributed by atoms with E-state index in [0.717, 1.165) is 24.8 Å². The van der Waals surface area contributed by atoms with Gasteiger partial charge in [-0.2, -0.15) is 10.4 Å². The standard InChI is InChI=1S/C28H35FN4O4/c1-28(2,3)37-27(35)33-23-8-7-21(13-23)26(33)25(34)12-18(15-30)11-20-6-5-19(14-24(20)29)22-16-31-32(17-22)9-10-36-4/h5-6,14,16-18,21,23,26H,7-13H2,1-4H3/t18-,21+,23-,26+/m1/s1. The number of hydrogen-bond donors (Lipinski definition) is 0. The van der Waals surface area contributed by atoms with E-state index < -0.39 is 29.5 Å². The number of halogens is 1. The molecule has 8 nitrogen and oxygen atoms in total. The van der Waals surface area contributed by atoms with E-state index in [2.05, 4.69) is 11.2 Å². The second-order valence-corrected chi connectivity index (χ2v) is 11.1. The van der Waals surface area contributed by atoms with Crippen molar-refractivity contribution in [3.63, 3.8) is 0 Å². The minimum absolute atomic E-state index is 0.00169. The zero-order chi connectivity index (χ0) is 26.7. The molecule has 0 unspecified atom stereocenters. The Morgan fingerprint density at radius 2 is 2.05 bits per heavy atom. The van der Waals surface area contributed by atoms with Crippen LogP contribution < -0.4 is 0 Å². The summed E-state index contributed by atoms with van der Waals surface area (Å²) in [4.78, 5) is 27.8. The second-order valence-electron chi connectivity index (χ2n) is 11.1. The van der Waals surface area contributed by atoms with E-state index in [-0.39, 0.29) is 30.6 Å². The number of carbonyl (C=O) groups excluding carboxylic acids is 2. The molecule has 198 valence electrons. The first-order chi connectivity index (χ1) is 17.6. The normalized spacial score (nSPS) is 21.6. The third-order valence-corrected chi connectivity index (χ3v) is 7.16. The number of methoxy groups -OCH3 is 1. The largest absolute Gasteiger partial charge is 0.444 e. The molecule has 2 aromatic rings. The van der Waals surface area contributed by atoms with Crippen LogP contribution in [0.15, 0.2) is 30.6 Å². The highest BCUT2D eigenvalue weighted by Gasteiger charge is 2.52. The molecule has 1 aliphatic carbocycles. The number of benzene rings is 1. The van der Waals surface area contributed by atoms with Crippen LogP contribution in [0.25, 0.3) is 11.1 Å². The van der Waals surface area contributed by atoms with Gasteiger partial charge < -0.3 is 9.47 Å².